The van der Waals surface area contributed by atoms with E-state index < -0.39 is 0 Å². The van der Waals surface area contributed by atoms with E-state index in [1.165, 1.54) is 0 Å². The molecule has 22 heavy (non-hydrogen) atoms. The average molecular weight is 292 g/mol. The second kappa shape index (κ2) is 5.68. The number of carbonyl (C=O) groups excluding carboxylic acids is 1. The fourth-order valence-electron chi connectivity index (χ4n) is 2.72. The van der Waals surface area contributed by atoms with E-state index in [1.54, 1.807) is 0 Å². The van der Waals surface area contributed by atoms with Crippen LogP contribution in [0.5, 0.6) is 0 Å². The summed E-state index contributed by atoms with van der Waals surface area (Å²) >= 11 is 0. The average Bonchev–Trinajstić information content (AvgIpc) is 2.93. The molecule has 1 aromatic heterocycles. The maximum atomic E-state index is 12.6. The van der Waals surface area contributed by atoms with E-state index in [4.69, 9.17) is 0 Å². The van der Waals surface area contributed by atoms with Crippen LogP contribution in [0.3, 0.4) is 0 Å². The number of para-hydroxylation sites is 2. The predicted octanol–water partition coefficient (Wildman–Crippen LogP) is 4.85. The molecule has 2 N–H and O–H groups in total. The summed E-state index contributed by atoms with van der Waals surface area (Å²) < 4.78 is 0. The number of hydrogen-bond acceptors (Lipinski definition) is 1. The lowest BCUT2D eigenvalue weighted by Crippen LogP contribution is -2.15. The number of aryl methyl sites for hydroxylation is 1. The summed E-state index contributed by atoms with van der Waals surface area (Å²) in [6.45, 7) is 6.29. The minimum atomic E-state index is -0.104. The molecule has 0 radical (unpaired) electrons. The van der Waals surface area contributed by atoms with Crippen molar-refractivity contribution in [3.8, 4) is 0 Å². The van der Waals surface area contributed by atoms with Gasteiger partial charge < -0.3 is 10.3 Å². The second-order valence-corrected chi connectivity index (χ2v) is 5.92. The summed E-state index contributed by atoms with van der Waals surface area (Å²) in [4.78, 5) is 15.7. The quantitative estimate of drug-likeness (QED) is 0.712. The first kappa shape index (κ1) is 14.4. The number of carbonyl (C=O) groups is 1. The summed E-state index contributed by atoms with van der Waals surface area (Å²) in [5.74, 6) is 0.255. The third-order valence-electron chi connectivity index (χ3n) is 3.94. The summed E-state index contributed by atoms with van der Waals surface area (Å²) in [6.07, 6.45) is 0. The van der Waals surface area contributed by atoms with E-state index in [-0.39, 0.29) is 5.91 Å². The maximum absolute atomic E-state index is 12.6. The van der Waals surface area contributed by atoms with Gasteiger partial charge in [0.2, 0.25) is 0 Å². The van der Waals surface area contributed by atoms with Crippen molar-refractivity contribution in [3.05, 3.63) is 65.4 Å². The van der Waals surface area contributed by atoms with Gasteiger partial charge in [0.05, 0.1) is 0 Å². The van der Waals surface area contributed by atoms with Gasteiger partial charge in [-0.05, 0) is 36.1 Å². The highest BCUT2D eigenvalue weighted by Crippen LogP contribution is 2.28. The van der Waals surface area contributed by atoms with Crippen molar-refractivity contribution in [2.24, 2.45) is 0 Å². The third kappa shape index (κ3) is 2.62. The number of benzene rings is 2. The van der Waals surface area contributed by atoms with Gasteiger partial charge >= 0.3 is 0 Å². The van der Waals surface area contributed by atoms with Crippen LogP contribution in [0, 0.1) is 6.92 Å². The summed E-state index contributed by atoms with van der Waals surface area (Å²) in [6, 6.07) is 15.9. The van der Waals surface area contributed by atoms with E-state index >= 15 is 0 Å². The Labute approximate surface area is 130 Å². The number of anilines is 1. The Morgan fingerprint density at radius 1 is 1.09 bits per heavy atom. The fraction of sp³-hybridized carbons (Fsp3) is 0.211. The molecule has 0 fully saturated rings. The first-order chi connectivity index (χ1) is 10.6. The topological polar surface area (TPSA) is 44.9 Å². The minimum absolute atomic E-state index is 0.104. The molecule has 0 unspecified atom stereocenters. The lowest BCUT2D eigenvalue weighted by Gasteiger charge is -2.16. The molecule has 0 bridgehead atoms. The number of nitrogens with one attached hydrogen (secondary N) is 2. The van der Waals surface area contributed by atoms with Gasteiger partial charge in [-0.15, -0.1) is 0 Å². The molecule has 0 saturated heterocycles. The molecule has 3 aromatic rings. The molecule has 0 spiro atoms. The molecule has 0 atom stereocenters. The third-order valence-corrected chi connectivity index (χ3v) is 3.94. The smallest absolute Gasteiger partial charge is 0.272 e. The SMILES string of the molecule is Cc1cccc(C(C)C)c1NC(=O)c1cc2ccccc2[nH]1. The van der Waals surface area contributed by atoms with Crippen molar-refractivity contribution in [2.45, 2.75) is 26.7 Å². The maximum Gasteiger partial charge on any atom is 0.272 e. The summed E-state index contributed by atoms with van der Waals surface area (Å²) in [7, 11) is 0. The van der Waals surface area contributed by atoms with Crippen LogP contribution in [0.15, 0.2) is 48.5 Å². The first-order valence-electron chi connectivity index (χ1n) is 7.55. The van der Waals surface area contributed by atoms with E-state index in [0.717, 1.165) is 27.7 Å². The molecule has 3 rings (SSSR count). The van der Waals surface area contributed by atoms with Crippen LogP contribution < -0.4 is 5.32 Å². The number of fused-ring (bicyclic) bond motifs is 1. The van der Waals surface area contributed by atoms with Gasteiger partial charge in [0.25, 0.3) is 5.91 Å². The van der Waals surface area contributed by atoms with Crippen molar-refractivity contribution in [1.29, 1.82) is 0 Å². The van der Waals surface area contributed by atoms with E-state index in [9.17, 15) is 4.79 Å². The highest BCUT2D eigenvalue weighted by atomic mass is 16.1. The van der Waals surface area contributed by atoms with Crippen LogP contribution >= 0.6 is 0 Å². The lowest BCUT2D eigenvalue weighted by molar-refractivity contribution is 0.102. The fourth-order valence-corrected chi connectivity index (χ4v) is 2.72. The molecule has 0 aliphatic rings. The van der Waals surface area contributed by atoms with Crippen LogP contribution in [-0.4, -0.2) is 10.9 Å². The molecule has 1 heterocycles. The van der Waals surface area contributed by atoms with E-state index in [0.29, 0.717) is 11.6 Å². The molecule has 0 aliphatic heterocycles. The standard InChI is InChI=1S/C19H20N2O/c1-12(2)15-9-6-7-13(3)18(15)21-19(22)17-11-14-8-4-5-10-16(14)20-17/h4-12,20H,1-3H3,(H,21,22). The Morgan fingerprint density at radius 2 is 1.86 bits per heavy atom. The molecule has 3 heteroatoms. The number of aromatic amines is 1. The van der Waals surface area contributed by atoms with Crippen LogP contribution in [-0.2, 0) is 0 Å². The predicted molar refractivity (Wildman–Crippen MR) is 91.5 cm³/mol. The Bertz CT molecular complexity index is 797. The Balaban J connectivity index is 1.94. The van der Waals surface area contributed by atoms with Gasteiger partial charge in [-0.2, -0.15) is 0 Å². The van der Waals surface area contributed by atoms with Crippen molar-refractivity contribution < 1.29 is 4.79 Å². The van der Waals surface area contributed by atoms with Crippen LogP contribution in [0.1, 0.15) is 41.4 Å². The van der Waals surface area contributed by atoms with E-state index in [2.05, 4.69) is 30.2 Å². The van der Waals surface area contributed by atoms with Gasteiger partial charge in [0, 0.05) is 16.6 Å². The molecule has 112 valence electrons. The van der Waals surface area contributed by atoms with Crippen molar-refractivity contribution in [3.63, 3.8) is 0 Å². The van der Waals surface area contributed by atoms with Crippen LogP contribution in [0.25, 0.3) is 10.9 Å². The van der Waals surface area contributed by atoms with Gasteiger partial charge in [0.15, 0.2) is 0 Å². The second-order valence-electron chi connectivity index (χ2n) is 5.92. The molecule has 3 nitrogen and oxygen atoms in total. The summed E-state index contributed by atoms with van der Waals surface area (Å²) in [5, 5.41) is 4.11. The zero-order chi connectivity index (χ0) is 15.7. The molecule has 0 saturated carbocycles. The molecule has 0 aliphatic carbocycles. The minimum Gasteiger partial charge on any atom is -0.351 e. The zero-order valence-corrected chi connectivity index (χ0v) is 13.1. The monoisotopic (exact) mass is 292 g/mol. The van der Waals surface area contributed by atoms with Gasteiger partial charge in [-0.1, -0.05) is 50.2 Å². The van der Waals surface area contributed by atoms with Crippen LogP contribution in [0.2, 0.25) is 0 Å². The number of amides is 1. The Kier molecular flexibility index (Phi) is 3.72. The number of rotatable bonds is 3. The van der Waals surface area contributed by atoms with Gasteiger partial charge in [-0.25, -0.2) is 0 Å². The highest BCUT2D eigenvalue weighted by Gasteiger charge is 2.14. The highest BCUT2D eigenvalue weighted by molar-refractivity contribution is 6.06. The zero-order valence-electron chi connectivity index (χ0n) is 13.1. The Hall–Kier alpha value is -2.55. The van der Waals surface area contributed by atoms with Gasteiger partial charge in [-0.3, -0.25) is 4.79 Å². The van der Waals surface area contributed by atoms with Crippen LogP contribution in [0.4, 0.5) is 5.69 Å². The van der Waals surface area contributed by atoms with Gasteiger partial charge in [0.1, 0.15) is 5.69 Å². The molecule has 1 amide bonds. The first-order valence-corrected chi connectivity index (χ1v) is 7.55. The van der Waals surface area contributed by atoms with Crippen molar-refractivity contribution in [2.75, 3.05) is 5.32 Å². The number of aromatic nitrogens is 1. The van der Waals surface area contributed by atoms with Crippen molar-refractivity contribution in [1.82, 2.24) is 4.98 Å². The lowest BCUT2D eigenvalue weighted by atomic mass is 9.98. The number of hydrogen-bond donors (Lipinski definition) is 2. The normalized spacial score (nSPS) is 11.1. The molecular formula is C19H20N2O. The largest absolute Gasteiger partial charge is 0.351 e. The molecular weight excluding hydrogens is 272 g/mol. The summed E-state index contributed by atoms with van der Waals surface area (Å²) in [5.41, 5.74) is 4.71. The van der Waals surface area contributed by atoms with E-state index in [1.807, 2.05) is 49.4 Å². The van der Waals surface area contributed by atoms with Crippen molar-refractivity contribution >= 4 is 22.5 Å². The molecule has 2 aromatic carbocycles. The Morgan fingerprint density at radius 3 is 2.59 bits per heavy atom. The number of H-pyrrole nitrogens is 1.